The van der Waals surface area contributed by atoms with Crippen molar-refractivity contribution in [3.63, 3.8) is 0 Å². The molecule has 0 nitrogen and oxygen atoms in total. The maximum atomic E-state index is 2.57. The summed E-state index contributed by atoms with van der Waals surface area (Å²) >= 11 is 0. The highest BCUT2D eigenvalue weighted by Gasteiger charge is 2.30. The first kappa shape index (κ1) is 33.2. The molecule has 0 aliphatic heterocycles. The molecule has 14 aromatic carbocycles. The zero-order valence-electron chi connectivity index (χ0n) is 35.0. The number of fused-ring (bicyclic) bond motifs is 13. The molecule has 0 fully saturated rings. The van der Waals surface area contributed by atoms with Crippen molar-refractivity contribution < 1.29 is 0 Å². The maximum absolute atomic E-state index is 2.57. The molecule has 0 N–H and O–H groups in total. The minimum Gasteiger partial charge on any atom is -0.0616 e. The summed E-state index contributed by atoms with van der Waals surface area (Å²) in [6, 6.07) is 61.5. The van der Waals surface area contributed by atoms with Crippen molar-refractivity contribution >= 4 is 108 Å². The molecule has 0 heterocycles. The third-order valence-electron chi connectivity index (χ3n) is 14.9. The van der Waals surface area contributed by atoms with Gasteiger partial charge in [-0.1, -0.05) is 174 Å². The van der Waals surface area contributed by atoms with Crippen LogP contribution in [0.4, 0.5) is 0 Å². The van der Waals surface area contributed by atoms with Gasteiger partial charge in [-0.3, -0.25) is 0 Å². The average molecular weight is 783 g/mol. The molecule has 0 aromatic heterocycles. The molecule has 0 saturated carbocycles. The number of rotatable bonds is 2. The molecule has 1 aliphatic carbocycles. The fraction of sp³-hybridized carbons (Fsp3) is 0.0645. The predicted octanol–water partition coefficient (Wildman–Crippen LogP) is 17.7. The quantitative estimate of drug-likeness (QED) is 0.121. The molecule has 0 spiro atoms. The van der Waals surface area contributed by atoms with E-state index in [9.17, 15) is 0 Å². The van der Waals surface area contributed by atoms with Crippen LogP contribution in [0.1, 0.15) is 22.3 Å². The van der Waals surface area contributed by atoms with Crippen molar-refractivity contribution in [1.82, 2.24) is 0 Å². The molecule has 0 heteroatoms. The zero-order valence-corrected chi connectivity index (χ0v) is 35.0. The lowest BCUT2D eigenvalue weighted by atomic mass is 9.83. The normalized spacial score (nSPS) is 12.8. The second kappa shape index (κ2) is 11.2. The van der Waals surface area contributed by atoms with E-state index in [0.29, 0.717) is 0 Å². The summed E-state index contributed by atoms with van der Waals surface area (Å²) in [7, 11) is 0. The summed E-state index contributed by atoms with van der Waals surface area (Å²) in [5.41, 5.74) is 15.8. The van der Waals surface area contributed by atoms with Gasteiger partial charge in [0.2, 0.25) is 0 Å². The van der Waals surface area contributed by atoms with Crippen molar-refractivity contribution in [2.75, 3.05) is 0 Å². The van der Waals surface area contributed by atoms with Crippen LogP contribution in [0.3, 0.4) is 0 Å². The standard InChI is InChI=1S/C62H38/c1-31-24-32(2)27-35(26-31)53-52-30-51-40-13-8-7-12-39(40)41-14-9-15-48(55(41)51)60(52)54(36-28-33(3)25-34(4)29-36)62-50-23-21-47-45-19-17-43-38-11-6-5-10-37(38)42-16-18-44(57(45)56(42)43)46-20-22-49(61(53)62)59(50)58(46)47/h5-30H,1-4H3. The summed E-state index contributed by atoms with van der Waals surface area (Å²) in [5, 5.41) is 27.0. The van der Waals surface area contributed by atoms with Gasteiger partial charge in [0.05, 0.1) is 0 Å². The minimum atomic E-state index is 1.29. The summed E-state index contributed by atoms with van der Waals surface area (Å²) < 4.78 is 0. The predicted molar refractivity (Wildman–Crippen MR) is 269 cm³/mol. The van der Waals surface area contributed by atoms with Gasteiger partial charge in [0.15, 0.2) is 0 Å². The lowest BCUT2D eigenvalue weighted by Gasteiger charge is -2.20. The highest BCUT2D eigenvalue weighted by Crippen LogP contribution is 2.58. The Labute approximate surface area is 358 Å². The molecule has 0 bridgehead atoms. The molecule has 15 rings (SSSR count). The third kappa shape index (κ3) is 3.91. The first-order valence-electron chi connectivity index (χ1n) is 22.1. The van der Waals surface area contributed by atoms with E-state index in [0.717, 1.165) is 0 Å². The van der Waals surface area contributed by atoms with Crippen LogP contribution in [0, 0.1) is 27.7 Å². The van der Waals surface area contributed by atoms with Crippen molar-refractivity contribution in [2.24, 2.45) is 0 Å². The lowest BCUT2D eigenvalue weighted by Crippen LogP contribution is -1.93. The van der Waals surface area contributed by atoms with E-state index in [2.05, 4.69) is 185 Å². The molecule has 1 aliphatic rings. The molecule has 14 aromatic rings. The van der Waals surface area contributed by atoms with Crippen LogP contribution in [-0.2, 0) is 0 Å². The SMILES string of the molecule is Cc1cc(C)cc(-c2c3cc4c5ccccc5c5cccc(c3c(-c3cc(C)cc(C)c3)c3c6ccc7c8ccc9c%10c(ccc(c%11ccc(c23)c6c%117)c%108)-c2ccccc2-9)c54)c1. The first-order valence-corrected chi connectivity index (χ1v) is 22.1. The maximum Gasteiger partial charge on any atom is -0.000718 e. The van der Waals surface area contributed by atoms with E-state index in [-0.39, 0.29) is 0 Å². The van der Waals surface area contributed by atoms with Crippen LogP contribution in [0.5, 0.6) is 0 Å². The van der Waals surface area contributed by atoms with Gasteiger partial charge >= 0.3 is 0 Å². The molecular weight excluding hydrogens is 745 g/mol. The Balaban J connectivity index is 1.23. The van der Waals surface area contributed by atoms with Crippen LogP contribution in [0.2, 0.25) is 0 Å². The Morgan fingerprint density at radius 3 is 1.21 bits per heavy atom. The van der Waals surface area contributed by atoms with E-state index < -0.39 is 0 Å². The van der Waals surface area contributed by atoms with Crippen molar-refractivity contribution in [3.05, 3.63) is 180 Å². The Morgan fingerprint density at radius 1 is 0.210 bits per heavy atom. The number of aryl methyl sites for hydroxylation is 4. The topological polar surface area (TPSA) is 0 Å². The molecule has 0 unspecified atom stereocenters. The average Bonchev–Trinajstić information content (AvgIpc) is 3.91. The second-order valence-electron chi connectivity index (χ2n) is 18.6. The second-order valence-corrected chi connectivity index (χ2v) is 18.6. The highest BCUT2D eigenvalue weighted by molar-refractivity contribution is 6.49. The number of hydrogen-bond acceptors (Lipinski definition) is 0. The van der Waals surface area contributed by atoms with Crippen LogP contribution in [0.25, 0.3) is 152 Å². The minimum absolute atomic E-state index is 1.29. The fourth-order valence-electron chi connectivity index (χ4n) is 12.9. The van der Waals surface area contributed by atoms with Gasteiger partial charge in [-0.15, -0.1) is 0 Å². The molecule has 62 heavy (non-hydrogen) atoms. The van der Waals surface area contributed by atoms with Crippen LogP contribution in [0.15, 0.2) is 158 Å². The van der Waals surface area contributed by atoms with E-state index in [1.54, 1.807) is 0 Å². The van der Waals surface area contributed by atoms with Gasteiger partial charge < -0.3 is 0 Å². The van der Waals surface area contributed by atoms with Crippen molar-refractivity contribution in [1.29, 1.82) is 0 Å². The van der Waals surface area contributed by atoms with Gasteiger partial charge in [0.25, 0.3) is 0 Å². The van der Waals surface area contributed by atoms with Crippen LogP contribution in [-0.4, -0.2) is 0 Å². The van der Waals surface area contributed by atoms with Gasteiger partial charge in [0.1, 0.15) is 0 Å². The van der Waals surface area contributed by atoms with Gasteiger partial charge in [0, 0.05) is 0 Å². The fourth-order valence-corrected chi connectivity index (χ4v) is 12.9. The van der Waals surface area contributed by atoms with E-state index in [1.165, 1.54) is 174 Å². The lowest BCUT2D eigenvalue weighted by molar-refractivity contribution is 1.39. The molecule has 0 amide bonds. The van der Waals surface area contributed by atoms with E-state index in [4.69, 9.17) is 0 Å². The largest absolute Gasteiger partial charge is 0.0616 e. The van der Waals surface area contributed by atoms with Gasteiger partial charge in [-0.25, -0.2) is 0 Å². The smallest absolute Gasteiger partial charge is 0.000718 e. The number of hydrogen-bond donors (Lipinski definition) is 0. The molecular formula is C62H38. The van der Waals surface area contributed by atoms with Crippen molar-refractivity contribution in [3.8, 4) is 44.5 Å². The summed E-state index contributed by atoms with van der Waals surface area (Å²) in [6.07, 6.45) is 0. The van der Waals surface area contributed by atoms with Gasteiger partial charge in [-0.2, -0.15) is 0 Å². The van der Waals surface area contributed by atoms with E-state index >= 15 is 0 Å². The first-order chi connectivity index (χ1) is 30.4. The number of benzene rings is 12. The molecule has 286 valence electrons. The zero-order chi connectivity index (χ0) is 40.9. The summed E-state index contributed by atoms with van der Waals surface area (Å²) in [5.74, 6) is 0. The monoisotopic (exact) mass is 782 g/mol. The summed E-state index contributed by atoms with van der Waals surface area (Å²) in [6.45, 7) is 9.02. The van der Waals surface area contributed by atoms with Gasteiger partial charge in [-0.05, 0) is 186 Å². The molecule has 0 radical (unpaired) electrons. The van der Waals surface area contributed by atoms with Crippen LogP contribution >= 0.6 is 0 Å². The Bertz CT molecular complexity index is 4230. The van der Waals surface area contributed by atoms with E-state index in [1.807, 2.05) is 0 Å². The molecule has 0 atom stereocenters. The Kier molecular flexibility index (Phi) is 6.02. The van der Waals surface area contributed by atoms with Crippen molar-refractivity contribution in [2.45, 2.75) is 27.7 Å². The van der Waals surface area contributed by atoms with Crippen LogP contribution < -0.4 is 0 Å². The highest BCUT2D eigenvalue weighted by atomic mass is 14.3. The molecule has 0 saturated heterocycles. The summed E-state index contributed by atoms with van der Waals surface area (Å²) in [4.78, 5) is 0. The Morgan fingerprint density at radius 2 is 0.613 bits per heavy atom. The third-order valence-corrected chi connectivity index (χ3v) is 14.9. The Hall–Kier alpha value is -7.54.